The van der Waals surface area contributed by atoms with Gasteiger partial charge in [-0.1, -0.05) is 24.3 Å². The highest BCUT2D eigenvalue weighted by Crippen LogP contribution is 2.09. The van der Waals surface area contributed by atoms with E-state index < -0.39 is 0 Å². The van der Waals surface area contributed by atoms with Crippen LogP contribution in [0.3, 0.4) is 0 Å². The molecule has 0 saturated carbocycles. The molecule has 0 fully saturated rings. The van der Waals surface area contributed by atoms with E-state index >= 15 is 0 Å². The molecule has 0 atom stereocenters. The molecule has 0 unspecified atom stereocenters. The molecular formula is C15H15N3O. The Morgan fingerprint density at radius 1 is 1.16 bits per heavy atom. The first-order chi connectivity index (χ1) is 9.31. The van der Waals surface area contributed by atoms with Crippen molar-refractivity contribution in [2.45, 2.75) is 13.2 Å². The monoisotopic (exact) mass is 253 g/mol. The lowest BCUT2D eigenvalue weighted by atomic mass is 10.1. The standard InChI is InChI=1S/C15H15N3O/c1-19-11-13-4-2-12(3-5-13)9-17-15-7-6-14(8-16)10-18-15/h2-7,10H,9,11H2,1H3,(H,17,18). The molecule has 1 N–H and O–H groups in total. The number of ether oxygens (including phenoxy) is 1. The second-order valence-electron chi connectivity index (χ2n) is 4.15. The maximum atomic E-state index is 8.69. The summed E-state index contributed by atoms with van der Waals surface area (Å²) in [4.78, 5) is 4.16. The molecule has 4 nitrogen and oxygen atoms in total. The van der Waals surface area contributed by atoms with E-state index in [0.717, 1.165) is 11.4 Å². The lowest BCUT2D eigenvalue weighted by Gasteiger charge is -2.06. The molecular weight excluding hydrogens is 238 g/mol. The van der Waals surface area contributed by atoms with Gasteiger partial charge in [-0.05, 0) is 23.3 Å². The number of anilines is 1. The number of hydrogen-bond donors (Lipinski definition) is 1. The topological polar surface area (TPSA) is 57.9 Å². The van der Waals surface area contributed by atoms with E-state index in [1.54, 1.807) is 25.4 Å². The van der Waals surface area contributed by atoms with E-state index in [1.807, 2.05) is 18.2 Å². The van der Waals surface area contributed by atoms with E-state index in [0.29, 0.717) is 18.7 Å². The van der Waals surface area contributed by atoms with Gasteiger partial charge in [0, 0.05) is 19.9 Å². The third kappa shape index (κ3) is 3.80. The fraction of sp³-hybridized carbons (Fsp3) is 0.200. The van der Waals surface area contributed by atoms with Crippen molar-refractivity contribution in [3.8, 4) is 6.07 Å². The van der Waals surface area contributed by atoms with Gasteiger partial charge in [-0.2, -0.15) is 5.26 Å². The third-order valence-electron chi connectivity index (χ3n) is 2.70. The number of hydrogen-bond acceptors (Lipinski definition) is 4. The van der Waals surface area contributed by atoms with Gasteiger partial charge in [-0.15, -0.1) is 0 Å². The first-order valence-corrected chi connectivity index (χ1v) is 5.98. The van der Waals surface area contributed by atoms with E-state index in [4.69, 9.17) is 10.00 Å². The molecule has 0 aliphatic carbocycles. The average molecular weight is 253 g/mol. The molecule has 2 rings (SSSR count). The van der Waals surface area contributed by atoms with Gasteiger partial charge in [-0.3, -0.25) is 0 Å². The van der Waals surface area contributed by atoms with Gasteiger partial charge in [-0.25, -0.2) is 4.98 Å². The Morgan fingerprint density at radius 2 is 1.89 bits per heavy atom. The largest absolute Gasteiger partial charge is 0.380 e. The Bertz CT molecular complexity index is 555. The summed E-state index contributed by atoms with van der Waals surface area (Å²) in [5, 5.41) is 11.9. The Morgan fingerprint density at radius 3 is 2.47 bits per heavy atom. The smallest absolute Gasteiger partial charge is 0.126 e. The molecule has 0 aliphatic heterocycles. The lowest BCUT2D eigenvalue weighted by Crippen LogP contribution is -2.01. The van der Waals surface area contributed by atoms with Crippen LogP contribution in [0.5, 0.6) is 0 Å². The van der Waals surface area contributed by atoms with Crippen LogP contribution in [0.4, 0.5) is 5.82 Å². The van der Waals surface area contributed by atoms with Crippen molar-refractivity contribution in [3.05, 3.63) is 59.3 Å². The highest BCUT2D eigenvalue weighted by Gasteiger charge is 1.97. The zero-order valence-electron chi connectivity index (χ0n) is 10.8. The number of benzene rings is 1. The molecule has 0 spiro atoms. The SMILES string of the molecule is COCc1ccc(CNc2ccc(C#N)cn2)cc1. The summed E-state index contributed by atoms with van der Waals surface area (Å²) < 4.78 is 5.07. The zero-order valence-corrected chi connectivity index (χ0v) is 10.8. The summed E-state index contributed by atoms with van der Waals surface area (Å²) >= 11 is 0. The highest BCUT2D eigenvalue weighted by atomic mass is 16.5. The molecule has 1 heterocycles. The van der Waals surface area contributed by atoms with Crippen LogP contribution in [0.1, 0.15) is 16.7 Å². The van der Waals surface area contributed by atoms with Gasteiger partial charge in [0.05, 0.1) is 12.2 Å². The van der Waals surface area contributed by atoms with Crippen LogP contribution < -0.4 is 5.32 Å². The fourth-order valence-corrected chi connectivity index (χ4v) is 1.68. The Hall–Kier alpha value is -2.38. The minimum absolute atomic E-state index is 0.564. The molecule has 4 heteroatoms. The summed E-state index contributed by atoms with van der Waals surface area (Å²) in [7, 11) is 1.69. The number of aromatic nitrogens is 1. The molecule has 0 amide bonds. The van der Waals surface area contributed by atoms with Crippen LogP contribution in [0.15, 0.2) is 42.6 Å². The zero-order chi connectivity index (χ0) is 13.5. The first-order valence-electron chi connectivity index (χ1n) is 5.98. The van der Waals surface area contributed by atoms with Gasteiger partial charge < -0.3 is 10.1 Å². The van der Waals surface area contributed by atoms with E-state index in [-0.39, 0.29) is 0 Å². The predicted molar refractivity (Wildman–Crippen MR) is 73.4 cm³/mol. The minimum Gasteiger partial charge on any atom is -0.380 e. The third-order valence-corrected chi connectivity index (χ3v) is 2.70. The van der Waals surface area contributed by atoms with Crippen LogP contribution >= 0.6 is 0 Å². The Labute approximate surface area is 112 Å². The maximum absolute atomic E-state index is 8.69. The van der Waals surface area contributed by atoms with Crippen LogP contribution in [-0.2, 0) is 17.9 Å². The molecule has 2 aromatic rings. The maximum Gasteiger partial charge on any atom is 0.126 e. The average Bonchev–Trinajstić information content (AvgIpc) is 2.47. The summed E-state index contributed by atoms with van der Waals surface area (Å²) in [5.74, 6) is 0.764. The normalized spacial score (nSPS) is 9.89. The van der Waals surface area contributed by atoms with Crippen molar-refractivity contribution in [3.63, 3.8) is 0 Å². The van der Waals surface area contributed by atoms with Gasteiger partial charge in [0.25, 0.3) is 0 Å². The van der Waals surface area contributed by atoms with Crippen LogP contribution in [0, 0.1) is 11.3 Å². The molecule has 0 radical (unpaired) electrons. The van der Waals surface area contributed by atoms with Gasteiger partial charge in [0.15, 0.2) is 0 Å². The van der Waals surface area contributed by atoms with Crippen molar-refractivity contribution in [1.29, 1.82) is 5.26 Å². The Balaban J connectivity index is 1.92. The second-order valence-corrected chi connectivity index (χ2v) is 4.15. The number of pyridine rings is 1. The van der Waals surface area contributed by atoms with Crippen LogP contribution in [-0.4, -0.2) is 12.1 Å². The Kier molecular flexibility index (Phi) is 4.49. The van der Waals surface area contributed by atoms with E-state index in [9.17, 15) is 0 Å². The fourth-order valence-electron chi connectivity index (χ4n) is 1.68. The molecule has 0 saturated heterocycles. The number of rotatable bonds is 5. The molecule has 1 aromatic heterocycles. The van der Waals surface area contributed by atoms with Crippen molar-refractivity contribution >= 4 is 5.82 Å². The first kappa shape index (κ1) is 13.1. The molecule has 96 valence electrons. The van der Waals surface area contributed by atoms with Gasteiger partial charge in [0.1, 0.15) is 11.9 Å². The van der Waals surface area contributed by atoms with E-state index in [2.05, 4.69) is 22.4 Å². The molecule has 1 aromatic carbocycles. The number of methoxy groups -OCH3 is 1. The van der Waals surface area contributed by atoms with E-state index in [1.165, 1.54) is 5.56 Å². The second kappa shape index (κ2) is 6.53. The lowest BCUT2D eigenvalue weighted by molar-refractivity contribution is 0.185. The number of nitrogens with zero attached hydrogens (tertiary/aromatic N) is 2. The van der Waals surface area contributed by atoms with Crippen LogP contribution in [0.2, 0.25) is 0 Å². The predicted octanol–water partition coefficient (Wildman–Crippen LogP) is 2.71. The van der Waals surface area contributed by atoms with Crippen LogP contribution in [0.25, 0.3) is 0 Å². The summed E-state index contributed by atoms with van der Waals surface area (Å²) in [6, 6.07) is 13.8. The molecule has 19 heavy (non-hydrogen) atoms. The highest BCUT2D eigenvalue weighted by molar-refractivity contribution is 5.39. The number of nitriles is 1. The minimum atomic E-state index is 0.564. The van der Waals surface area contributed by atoms with Gasteiger partial charge >= 0.3 is 0 Å². The van der Waals surface area contributed by atoms with Crippen molar-refractivity contribution in [1.82, 2.24) is 4.98 Å². The molecule has 0 bridgehead atoms. The van der Waals surface area contributed by atoms with Crippen molar-refractivity contribution < 1.29 is 4.74 Å². The van der Waals surface area contributed by atoms with Crippen molar-refractivity contribution in [2.75, 3.05) is 12.4 Å². The summed E-state index contributed by atoms with van der Waals surface area (Å²) in [6.07, 6.45) is 1.56. The quantitative estimate of drug-likeness (QED) is 0.890. The summed E-state index contributed by atoms with van der Waals surface area (Å²) in [5.41, 5.74) is 2.89. The van der Waals surface area contributed by atoms with Gasteiger partial charge in [0.2, 0.25) is 0 Å². The number of nitrogens with one attached hydrogen (secondary N) is 1. The summed E-state index contributed by atoms with van der Waals surface area (Å²) in [6.45, 7) is 1.33. The van der Waals surface area contributed by atoms with Crippen molar-refractivity contribution in [2.24, 2.45) is 0 Å². The molecule has 0 aliphatic rings.